The van der Waals surface area contributed by atoms with Crippen molar-refractivity contribution in [3.63, 3.8) is 0 Å². The lowest BCUT2D eigenvalue weighted by Crippen LogP contribution is -2.26. The average Bonchev–Trinajstić information content (AvgIpc) is 2.23. The van der Waals surface area contributed by atoms with E-state index < -0.39 is 15.8 Å². The number of aryl methyl sites for hydroxylation is 2. The molecular weight excluding hydrogens is 304 g/mol. The lowest BCUT2D eigenvalue weighted by atomic mass is 9.76. The molecule has 1 N–H and O–H groups in total. The van der Waals surface area contributed by atoms with Crippen LogP contribution < -0.4 is 4.18 Å². The highest BCUT2D eigenvalue weighted by molar-refractivity contribution is 7.81. The predicted octanol–water partition coefficient (Wildman–Crippen LogP) is 3.38. The van der Waals surface area contributed by atoms with Crippen LogP contribution in [0.4, 0.5) is 0 Å². The average molecular weight is 328 g/mol. The highest BCUT2D eigenvalue weighted by atomic mass is 32.3. The Balaban J connectivity index is 3.41. The Morgan fingerprint density at radius 3 is 2.27 bits per heavy atom. The van der Waals surface area contributed by atoms with Crippen molar-refractivity contribution in [3.05, 3.63) is 28.8 Å². The Kier molecular flexibility index (Phi) is 5.41. The van der Waals surface area contributed by atoms with Gasteiger partial charge in [0.05, 0.1) is 0 Å². The topological polar surface area (TPSA) is 80.7 Å². The molecule has 0 aliphatic rings. The fourth-order valence-electron chi connectivity index (χ4n) is 2.70. The van der Waals surface area contributed by atoms with Gasteiger partial charge in [-0.2, -0.15) is 8.42 Å². The van der Waals surface area contributed by atoms with Gasteiger partial charge in [-0.3, -0.25) is 9.35 Å². The van der Waals surface area contributed by atoms with Crippen LogP contribution in [0, 0.1) is 19.8 Å². The van der Waals surface area contributed by atoms with Crippen molar-refractivity contribution < 1.29 is 21.9 Å². The van der Waals surface area contributed by atoms with Crippen LogP contribution in [0.2, 0.25) is 0 Å². The molecule has 0 bridgehead atoms. The summed E-state index contributed by atoms with van der Waals surface area (Å²) in [6.45, 7) is 11.0. The van der Waals surface area contributed by atoms with Gasteiger partial charge < -0.3 is 4.18 Å². The van der Waals surface area contributed by atoms with Crippen LogP contribution in [-0.4, -0.2) is 18.8 Å². The molecule has 0 aliphatic carbocycles. The number of carbonyl (C=O) groups excluding carboxylic acids is 1. The molecule has 0 heterocycles. The van der Waals surface area contributed by atoms with Crippen molar-refractivity contribution in [3.8, 4) is 5.75 Å². The smallest absolute Gasteiger partial charge is 0.361 e. The SMILES string of the molecule is Cc1cc(C)c(C(C)(C)CC(=O)C(C)C)c(OS(=O)(=O)O)c1. The molecular formula is C16H24O5S. The maximum absolute atomic E-state index is 12.1. The number of Topliss-reactive ketones (excluding diaryl/α,β-unsaturated/α-hetero) is 1. The van der Waals surface area contributed by atoms with E-state index in [2.05, 4.69) is 0 Å². The van der Waals surface area contributed by atoms with E-state index >= 15 is 0 Å². The predicted molar refractivity (Wildman–Crippen MR) is 85.6 cm³/mol. The van der Waals surface area contributed by atoms with Gasteiger partial charge in [-0.1, -0.05) is 33.8 Å². The molecule has 1 aromatic carbocycles. The Hall–Kier alpha value is -1.40. The lowest BCUT2D eigenvalue weighted by Gasteiger charge is -2.29. The highest BCUT2D eigenvalue weighted by Crippen LogP contribution is 2.39. The van der Waals surface area contributed by atoms with Crippen LogP contribution in [0.3, 0.4) is 0 Å². The van der Waals surface area contributed by atoms with Crippen molar-refractivity contribution in [2.45, 2.75) is 53.4 Å². The number of benzene rings is 1. The Bertz CT molecular complexity index is 672. The van der Waals surface area contributed by atoms with Gasteiger partial charge in [-0.25, -0.2) is 0 Å². The van der Waals surface area contributed by atoms with Gasteiger partial charge in [0.1, 0.15) is 11.5 Å². The quantitative estimate of drug-likeness (QED) is 0.810. The monoisotopic (exact) mass is 328 g/mol. The first-order chi connectivity index (χ1) is 9.83. The van der Waals surface area contributed by atoms with Gasteiger partial charge >= 0.3 is 10.4 Å². The zero-order valence-electron chi connectivity index (χ0n) is 13.9. The van der Waals surface area contributed by atoms with Crippen molar-refractivity contribution in [1.82, 2.24) is 0 Å². The summed E-state index contributed by atoms with van der Waals surface area (Å²) in [5.41, 5.74) is 1.63. The van der Waals surface area contributed by atoms with Gasteiger partial charge in [-0.15, -0.1) is 0 Å². The number of hydrogen-bond donors (Lipinski definition) is 1. The molecule has 6 heteroatoms. The van der Waals surface area contributed by atoms with Crippen molar-refractivity contribution in [2.75, 3.05) is 0 Å². The molecule has 0 radical (unpaired) electrons. The van der Waals surface area contributed by atoms with E-state index in [1.807, 2.05) is 40.7 Å². The summed E-state index contributed by atoms with van der Waals surface area (Å²) in [7, 11) is -4.62. The Morgan fingerprint density at radius 1 is 1.27 bits per heavy atom. The van der Waals surface area contributed by atoms with Gasteiger partial charge in [-0.05, 0) is 31.0 Å². The molecule has 0 atom stereocenters. The van der Waals surface area contributed by atoms with Gasteiger partial charge in [0.2, 0.25) is 0 Å². The fraction of sp³-hybridized carbons (Fsp3) is 0.562. The van der Waals surface area contributed by atoms with Crippen LogP contribution in [-0.2, 0) is 20.6 Å². The second-order valence-electron chi connectivity index (χ2n) is 6.65. The maximum Gasteiger partial charge on any atom is 0.446 e. The fourth-order valence-corrected chi connectivity index (χ4v) is 3.06. The van der Waals surface area contributed by atoms with Gasteiger partial charge in [0, 0.05) is 23.3 Å². The van der Waals surface area contributed by atoms with E-state index in [-0.39, 0.29) is 23.9 Å². The first kappa shape index (κ1) is 18.6. The molecule has 1 rings (SSSR count). The zero-order valence-corrected chi connectivity index (χ0v) is 14.7. The van der Waals surface area contributed by atoms with Gasteiger partial charge in [0.25, 0.3) is 0 Å². The van der Waals surface area contributed by atoms with Crippen LogP contribution in [0.15, 0.2) is 12.1 Å². The summed E-state index contributed by atoms with van der Waals surface area (Å²) in [5, 5.41) is 0. The van der Waals surface area contributed by atoms with Crippen molar-refractivity contribution >= 4 is 16.2 Å². The molecule has 22 heavy (non-hydrogen) atoms. The molecule has 0 unspecified atom stereocenters. The largest absolute Gasteiger partial charge is 0.446 e. The third-order valence-corrected chi connectivity index (χ3v) is 3.97. The highest BCUT2D eigenvalue weighted by Gasteiger charge is 2.31. The minimum Gasteiger partial charge on any atom is -0.361 e. The number of carbonyl (C=O) groups is 1. The zero-order chi connectivity index (χ0) is 17.3. The lowest BCUT2D eigenvalue weighted by molar-refractivity contribution is -0.122. The van der Waals surface area contributed by atoms with E-state index in [9.17, 15) is 13.2 Å². The molecule has 0 saturated carbocycles. The summed E-state index contributed by atoms with van der Waals surface area (Å²) >= 11 is 0. The minimum absolute atomic E-state index is 0.0709. The molecule has 0 aromatic heterocycles. The molecule has 0 fully saturated rings. The second kappa shape index (κ2) is 6.38. The van der Waals surface area contributed by atoms with E-state index in [1.165, 1.54) is 0 Å². The standard InChI is InChI=1S/C16H24O5S/c1-10(2)13(17)9-16(5,6)15-12(4)7-11(3)8-14(15)21-22(18,19)20/h7-8,10H,9H2,1-6H3,(H,18,19,20). The second-order valence-corrected chi connectivity index (χ2v) is 7.67. The Morgan fingerprint density at radius 2 is 1.82 bits per heavy atom. The van der Waals surface area contributed by atoms with Crippen LogP contribution >= 0.6 is 0 Å². The number of ketones is 1. The number of rotatable bonds is 6. The van der Waals surface area contributed by atoms with Crippen LogP contribution in [0.1, 0.15) is 50.8 Å². The van der Waals surface area contributed by atoms with Gasteiger partial charge in [0.15, 0.2) is 0 Å². The first-order valence-corrected chi connectivity index (χ1v) is 8.51. The minimum atomic E-state index is -4.62. The third kappa shape index (κ3) is 4.81. The van der Waals surface area contributed by atoms with E-state index in [0.29, 0.717) is 5.56 Å². The summed E-state index contributed by atoms with van der Waals surface area (Å²) in [5.74, 6) is 0.0558. The van der Waals surface area contributed by atoms with E-state index in [1.54, 1.807) is 13.0 Å². The first-order valence-electron chi connectivity index (χ1n) is 7.15. The van der Waals surface area contributed by atoms with Crippen molar-refractivity contribution in [2.24, 2.45) is 5.92 Å². The van der Waals surface area contributed by atoms with Crippen LogP contribution in [0.25, 0.3) is 0 Å². The van der Waals surface area contributed by atoms with Crippen LogP contribution in [0.5, 0.6) is 5.75 Å². The van der Waals surface area contributed by atoms with E-state index in [0.717, 1.165) is 11.1 Å². The molecule has 0 spiro atoms. The normalized spacial score (nSPS) is 12.5. The molecule has 0 aliphatic heterocycles. The molecule has 0 saturated heterocycles. The van der Waals surface area contributed by atoms with E-state index in [4.69, 9.17) is 8.74 Å². The maximum atomic E-state index is 12.1. The molecule has 0 amide bonds. The molecule has 124 valence electrons. The molecule has 1 aromatic rings. The van der Waals surface area contributed by atoms with Crippen molar-refractivity contribution in [1.29, 1.82) is 0 Å². The number of hydrogen-bond acceptors (Lipinski definition) is 4. The summed E-state index contributed by atoms with van der Waals surface area (Å²) in [6.07, 6.45) is 0.260. The summed E-state index contributed by atoms with van der Waals surface area (Å²) in [6, 6.07) is 3.45. The molecule has 5 nitrogen and oxygen atoms in total. The summed E-state index contributed by atoms with van der Waals surface area (Å²) in [4.78, 5) is 12.1. The third-order valence-electron chi connectivity index (χ3n) is 3.58. The Labute approximate surface area is 132 Å². The summed E-state index contributed by atoms with van der Waals surface area (Å²) < 4.78 is 35.9.